The molecular formula is C19H27N5O2. The van der Waals surface area contributed by atoms with Gasteiger partial charge in [-0.05, 0) is 51.0 Å². The first-order valence-corrected chi connectivity index (χ1v) is 9.22. The molecule has 0 spiro atoms. The maximum atomic E-state index is 12.9. The predicted molar refractivity (Wildman–Crippen MR) is 98.4 cm³/mol. The molecule has 0 bridgehead atoms. The number of urea groups is 1. The first-order valence-electron chi connectivity index (χ1n) is 9.22. The van der Waals surface area contributed by atoms with Gasteiger partial charge in [-0.15, -0.1) is 0 Å². The van der Waals surface area contributed by atoms with E-state index in [9.17, 15) is 4.79 Å². The van der Waals surface area contributed by atoms with E-state index in [4.69, 9.17) is 4.52 Å². The fraction of sp³-hybridized carbons (Fsp3) is 0.526. The molecule has 1 fully saturated rings. The van der Waals surface area contributed by atoms with Crippen LogP contribution >= 0.6 is 0 Å². The molecule has 3 rings (SSSR count). The standard InChI is InChI=1S/C19H27N5O2/c1-3-16-11-18(26-22-16)13-21-19(25)24(14-15-5-4-8-20-12-15)17-6-9-23(2)10-7-17/h4-5,8,11-12,17H,3,6-7,9-10,13-14H2,1-2H3,(H,21,25). The molecule has 3 heterocycles. The van der Waals surface area contributed by atoms with Gasteiger partial charge in [-0.2, -0.15) is 0 Å². The Bertz CT molecular complexity index is 695. The number of hydrogen-bond acceptors (Lipinski definition) is 5. The summed E-state index contributed by atoms with van der Waals surface area (Å²) in [7, 11) is 2.12. The van der Waals surface area contributed by atoms with Crippen LogP contribution in [-0.2, 0) is 19.5 Å². The van der Waals surface area contributed by atoms with E-state index in [0.717, 1.165) is 43.6 Å². The molecule has 1 aliphatic rings. The molecule has 2 aromatic heterocycles. The van der Waals surface area contributed by atoms with Crippen molar-refractivity contribution >= 4 is 6.03 Å². The average Bonchev–Trinajstić information content (AvgIpc) is 3.14. The number of amides is 2. The van der Waals surface area contributed by atoms with Gasteiger partial charge in [0.15, 0.2) is 5.76 Å². The minimum atomic E-state index is -0.0714. The Morgan fingerprint density at radius 2 is 2.23 bits per heavy atom. The third-order valence-corrected chi connectivity index (χ3v) is 4.85. The second-order valence-electron chi connectivity index (χ2n) is 6.82. The lowest BCUT2D eigenvalue weighted by atomic mass is 10.0. The molecule has 1 N–H and O–H groups in total. The maximum Gasteiger partial charge on any atom is 0.318 e. The third kappa shape index (κ3) is 4.82. The monoisotopic (exact) mass is 357 g/mol. The molecule has 7 heteroatoms. The molecule has 0 atom stereocenters. The maximum absolute atomic E-state index is 12.9. The van der Waals surface area contributed by atoms with Gasteiger partial charge in [0.25, 0.3) is 0 Å². The molecule has 0 unspecified atom stereocenters. The van der Waals surface area contributed by atoms with Crippen molar-refractivity contribution in [2.45, 2.75) is 45.3 Å². The Kier molecular flexibility index (Phi) is 6.22. The zero-order valence-electron chi connectivity index (χ0n) is 15.5. The highest BCUT2D eigenvalue weighted by Crippen LogP contribution is 2.18. The van der Waals surface area contributed by atoms with Gasteiger partial charge in [0.05, 0.1) is 12.2 Å². The smallest absolute Gasteiger partial charge is 0.318 e. The molecule has 1 aliphatic heterocycles. The van der Waals surface area contributed by atoms with Crippen LogP contribution in [0.4, 0.5) is 4.79 Å². The Morgan fingerprint density at radius 1 is 1.42 bits per heavy atom. The normalized spacial score (nSPS) is 15.8. The number of pyridine rings is 1. The zero-order valence-corrected chi connectivity index (χ0v) is 15.5. The minimum absolute atomic E-state index is 0.0714. The molecule has 2 amide bonds. The topological polar surface area (TPSA) is 74.5 Å². The van der Waals surface area contributed by atoms with Gasteiger partial charge in [-0.1, -0.05) is 18.1 Å². The highest BCUT2D eigenvalue weighted by Gasteiger charge is 2.27. The number of carbonyl (C=O) groups is 1. The van der Waals surface area contributed by atoms with E-state index < -0.39 is 0 Å². The quantitative estimate of drug-likeness (QED) is 0.859. The summed E-state index contributed by atoms with van der Waals surface area (Å²) < 4.78 is 5.26. The molecule has 7 nitrogen and oxygen atoms in total. The van der Waals surface area contributed by atoms with Crippen molar-refractivity contribution in [2.24, 2.45) is 0 Å². The molecule has 0 aliphatic carbocycles. The molecular weight excluding hydrogens is 330 g/mol. The molecule has 0 aromatic carbocycles. The van der Waals surface area contributed by atoms with E-state index in [2.05, 4.69) is 27.4 Å². The van der Waals surface area contributed by atoms with Gasteiger partial charge in [0.2, 0.25) is 0 Å². The van der Waals surface area contributed by atoms with E-state index >= 15 is 0 Å². The Labute approximate surface area is 154 Å². The first-order chi connectivity index (χ1) is 12.7. The average molecular weight is 357 g/mol. The molecule has 140 valence electrons. The van der Waals surface area contributed by atoms with Crippen LogP contribution in [0.15, 0.2) is 35.1 Å². The lowest BCUT2D eigenvalue weighted by Gasteiger charge is -2.37. The fourth-order valence-electron chi connectivity index (χ4n) is 3.23. The number of rotatable bonds is 6. The summed E-state index contributed by atoms with van der Waals surface area (Å²) in [5.41, 5.74) is 1.94. The zero-order chi connectivity index (χ0) is 18.4. The number of nitrogens with zero attached hydrogens (tertiary/aromatic N) is 4. The summed E-state index contributed by atoms with van der Waals surface area (Å²) in [6.45, 7) is 4.94. The van der Waals surface area contributed by atoms with Crippen LogP contribution in [0.1, 0.15) is 36.8 Å². The number of aromatic nitrogens is 2. The minimum Gasteiger partial charge on any atom is -0.359 e. The van der Waals surface area contributed by atoms with Gasteiger partial charge in [0.1, 0.15) is 0 Å². The van der Waals surface area contributed by atoms with Crippen LogP contribution in [0.3, 0.4) is 0 Å². The van der Waals surface area contributed by atoms with Crippen LogP contribution < -0.4 is 5.32 Å². The lowest BCUT2D eigenvalue weighted by molar-refractivity contribution is 0.126. The summed E-state index contributed by atoms with van der Waals surface area (Å²) in [4.78, 5) is 21.3. The number of likely N-dealkylation sites (tertiary alicyclic amines) is 1. The van der Waals surface area contributed by atoms with E-state index in [-0.39, 0.29) is 12.1 Å². The summed E-state index contributed by atoms with van der Waals surface area (Å²) in [6.07, 6.45) is 6.34. The van der Waals surface area contributed by atoms with Crippen molar-refractivity contribution in [3.8, 4) is 0 Å². The summed E-state index contributed by atoms with van der Waals surface area (Å²) in [5, 5.41) is 6.95. The first kappa shape index (κ1) is 18.4. The largest absolute Gasteiger partial charge is 0.359 e. The van der Waals surface area contributed by atoms with E-state index in [1.165, 1.54) is 0 Å². The van der Waals surface area contributed by atoms with Crippen molar-refractivity contribution in [1.29, 1.82) is 0 Å². The SMILES string of the molecule is CCc1cc(CNC(=O)N(Cc2cccnc2)C2CCN(C)CC2)on1. The number of aryl methyl sites for hydroxylation is 1. The molecule has 0 saturated carbocycles. The van der Waals surface area contributed by atoms with Gasteiger partial charge < -0.3 is 19.6 Å². The Hall–Kier alpha value is -2.41. The number of piperidine rings is 1. The van der Waals surface area contributed by atoms with Crippen molar-refractivity contribution in [3.05, 3.63) is 47.6 Å². The summed E-state index contributed by atoms with van der Waals surface area (Å²) in [5.74, 6) is 0.680. The number of carbonyl (C=O) groups excluding carboxylic acids is 1. The van der Waals surface area contributed by atoms with Gasteiger partial charge in [-0.25, -0.2) is 4.79 Å². The van der Waals surface area contributed by atoms with Crippen molar-refractivity contribution in [3.63, 3.8) is 0 Å². The molecule has 2 aromatic rings. The van der Waals surface area contributed by atoms with Gasteiger partial charge in [0, 0.05) is 31.0 Å². The molecule has 0 radical (unpaired) electrons. The van der Waals surface area contributed by atoms with Crippen LogP contribution in [0.25, 0.3) is 0 Å². The second-order valence-corrected chi connectivity index (χ2v) is 6.82. The van der Waals surface area contributed by atoms with Crippen LogP contribution in [-0.4, -0.2) is 52.2 Å². The predicted octanol–water partition coefficient (Wildman–Crippen LogP) is 2.44. The highest BCUT2D eigenvalue weighted by molar-refractivity contribution is 5.74. The van der Waals surface area contributed by atoms with Crippen molar-refractivity contribution < 1.29 is 9.32 Å². The number of hydrogen-bond donors (Lipinski definition) is 1. The van der Waals surface area contributed by atoms with Crippen LogP contribution in [0.5, 0.6) is 0 Å². The molecule has 26 heavy (non-hydrogen) atoms. The number of nitrogens with one attached hydrogen (secondary N) is 1. The van der Waals surface area contributed by atoms with Gasteiger partial charge in [-0.3, -0.25) is 4.98 Å². The Balaban J connectivity index is 1.65. The summed E-state index contributed by atoms with van der Waals surface area (Å²) >= 11 is 0. The van der Waals surface area contributed by atoms with Crippen molar-refractivity contribution in [1.82, 2.24) is 25.3 Å². The fourth-order valence-corrected chi connectivity index (χ4v) is 3.23. The van der Waals surface area contributed by atoms with E-state index in [1.807, 2.05) is 36.2 Å². The van der Waals surface area contributed by atoms with Crippen LogP contribution in [0, 0.1) is 0 Å². The van der Waals surface area contributed by atoms with Crippen LogP contribution in [0.2, 0.25) is 0 Å². The van der Waals surface area contributed by atoms with E-state index in [1.54, 1.807) is 6.20 Å². The lowest BCUT2D eigenvalue weighted by Crippen LogP contribution is -2.49. The van der Waals surface area contributed by atoms with E-state index in [0.29, 0.717) is 18.8 Å². The highest BCUT2D eigenvalue weighted by atomic mass is 16.5. The third-order valence-electron chi connectivity index (χ3n) is 4.85. The second kappa shape index (κ2) is 8.80. The molecule has 1 saturated heterocycles. The van der Waals surface area contributed by atoms with Crippen molar-refractivity contribution in [2.75, 3.05) is 20.1 Å². The Morgan fingerprint density at radius 3 is 2.88 bits per heavy atom. The summed E-state index contributed by atoms with van der Waals surface area (Å²) in [6, 6.07) is 5.96. The van der Waals surface area contributed by atoms with Gasteiger partial charge >= 0.3 is 6.03 Å².